The summed E-state index contributed by atoms with van der Waals surface area (Å²) in [4.78, 5) is 35.5. The number of aromatic nitrogens is 1. The minimum Gasteiger partial charge on any atom is -0.497 e. The molecule has 2 aliphatic heterocycles. The lowest BCUT2D eigenvalue weighted by atomic mass is 9.75. The average molecular weight is 457 g/mol. The van der Waals surface area contributed by atoms with Crippen LogP contribution in [0.4, 0.5) is 4.79 Å². The van der Waals surface area contributed by atoms with Crippen LogP contribution in [-0.2, 0) is 17.8 Å². The second-order valence-corrected chi connectivity index (χ2v) is 9.66. The Balaban J connectivity index is 1.38. The highest BCUT2D eigenvalue weighted by molar-refractivity contribution is 7.09. The molecule has 1 unspecified atom stereocenters. The molecule has 4 rings (SSSR count). The number of nitrogens with one attached hydrogen (secondary N) is 1. The molecule has 0 bridgehead atoms. The van der Waals surface area contributed by atoms with Gasteiger partial charge in [0.2, 0.25) is 0 Å². The van der Waals surface area contributed by atoms with E-state index in [0.29, 0.717) is 19.4 Å². The van der Waals surface area contributed by atoms with Crippen LogP contribution in [0.1, 0.15) is 42.3 Å². The van der Waals surface area contributed by atoms with Gasteiger partial charge in [-0.2, -0.15) is 0 Å². The van der Waals surface area contributed by atoms with Crippen molar-refractivity contribution >= 4 is 23.3 Å². The summed E-state index contributed by atoms with van der Waals surface area (Å²) >= 11 is 1.58. The van der Waals surface area contributed by atoms with E-state index in [9.17, 15) is 9.59 Å². The van der Waals surface area contributed by atoms with E-state index in [1.54, 1.807) is 18.4 Å². The molecule has 32 heavy (non-hydrogen) atoms. The molecule has 0 spiro atoms. The van der Waals surface area contributed by atoms with E-state index >= 15 is 0 Å². The third-order valence-electron chi connectivity index (χ3n) is 6.99. The normalized spacial score (nSPS) is 22.4. The molecular formula is C24H32N4O3S. The zero-order chi connectivity index (χ0) is 22.7. The molecule has 3 amide bonds. The van der Waals surface area contributed by atoms with Crippen LogP contribution in [0.15, 0.2) is 29.8 Å². The van der Waals surface area contributed by atoms with Gasteiger partial charge in [0.25, 0.3) is 5.91 Å². The van der Waals surface area contributed by atoms with Gasteiger partial charge in [-0.25, -0.2) is 9.78 Å². The van der Waals surface area contributed by atoms with Gasteiger partial charge in [0.05, 0.1) is 18.3 Å². The molecule has 1 aromatic heterocycles. The number of hydrogen-bond acceptors (Lipinski definition) is 6. The number of benzene rings is 1. The maximum atomic E-state index is 13.5. The molecule has 172 valence electrons. The summed E-state index contributed by atoms with van der Waals surface area (Å²) in [5.41, 5.74) is 3.24. The van der Waals surface area contributed by atoms with Gasteiger partial charge >= 0.3 is 6.03 Å². The van der Waals surface area contributed by atoms with Crippen molar-refractivity contribution in [1.82, 2.24) is 20.1 Å². The van der Waals surface area contributed by atoms with Crippen LogP contribution in [0, 0.1) is 12.8 Å². The number of urea groups is 1. The highest BCUT2D eigenvalue weighted by Crippen LogP contribution is 2.36. The minimum absolute atomic E-state index is 0.0570. The van der Waals surface area contributed by atoms with Crippen LogP contribution in [0.25, 0.3) is 0 Å². The predicted molar refractivity (Wildman–Crippen MR) is 125 cm³/mol. The molecule has 8 heteroatoms. The van der Waals surface area contributed by atoms with Crippen LogP contribution in [-0.4, -0.2) is 59.0 Å². The van der Waals surface area contributed by atoms with Crippen molar-refractivity contribution in [3.8, 4) is 5.75 Å². The Labute approximate surface area is 193 Å². The van der Waals surface area contributed by atoms with Crippen LogP contribution in [0.2, 0.25) is 0 Å². The van der Waals surface area contributed by atoms with Crippen LogP contribution >= 0.6 is 11.3 Å². The molecule has 0 saturated carbocycles. The van der Waals surface area contributed by atoms with Gasteiger partial charge in [-0.1, -0.05) is 19.1 Å². The number of rotatable bonds is 8. The first kappa shape index (κ1) is 22.7. The molecule has 0 radical (unpaired) electrons. The largest absolute Gasteiger partial charge is 0.497 e. The number of nitrogens with zero attached hydrogens (tertiary/aromatic N) is 3. The first-order chi connectivity index (χ1) is 15.5. The Hall–Kier alpha value is -2.45. The molecule has 2 aliphatic rings. The lowest BCUT2D eigenvalue weighted by Gasteiger charge is -2.40. The van der Waals surface area contributed by atoms with Gasteiger partial charge < -0.3 is 10.1 Å². The number of amides is 3. The Morgan fingerprint density at radius 3 is 2.72 bits per heavy atom. The van der Waals surface area contributed by atoms with Gasteiger partial charge in [0, 0.05) is 24.4 Å². The molecule has 7 nitrogen and oxygen atoms in total. The number of methoxy groups -OCH3 is 1. The Bertz CT molecular complexity index is 970. The smallest absolute Gasteiger partial charge is 0.325 e. The molecule has 2 aromatic rings. The van der Waals surface area contributed by atoms with Gasteiger partial charge in [-0.3, -0.25) is 14.6 Å². The Kier molecular flexibility index (Phi) is 6.81. The number of likely N-dealkylation sites (tertiary alicyclic amines) is 1. The standard InChI is InChI=1S/C24H32N4O3S/c1-4-24(22(29)28(23(30)26-24)13-10-21-17(2)25-16-32-21)19-8-11-27(12-9-19)15-18-6-5-7-20(14-18)31-3/h5-7,14,16,19H,4,8-13,15H2,1-3H3,(H,26,30). The zero-order valence-electron chi connectivity index (χ0n) is 19.1. The number of hydrogen-bond donors (Lipinski definition) is 1. The number of ether oxygens (including phenoxy) is 1. The van der Waals surface area contributed by atoms with Crippen molar-refractivity contribution in [3.05, 3.63) is 45.9 Å². The second kappa shape index (κ2) is 9.58. The number of thiazole rings is 1. The maximum absolute atomic E-state index is 13.5. The summed E-state index contributed by atoms with van der Waals surface area (Å²) in [6.07, 6.45) is 3.07. The quantitative estimate of drug-likeness (QED) is 0.614. The molecule has 3 heterocycles. The van der Waals surface area contributed by atoms with E-state index in [2.05, 4.69) is 27.3 Å². The SMILES string of the molecule is CCC1(C2CCN(Cc3cccc(OC)c3)CC2)NC(=O)N(CCc2scnc2C)C1=O. The number of carbonyl (C=O) groups excluding carboxylic acids is 2. The summed E-state index contributed by atoms with van der Waals surface area (Å²) in [5.74, 6) is 0.967. The number of piperidine rings is 1. The molecular weight excluding hydrogens is 424 g/mol. The van der Waals surface area contributed by atoms with E-state index in [1.165, 1.54) is 10.5 Å². The van der Waals surface area contributed by atoms with Crippen molar-refractivity contribution < 1.29 is 14.3 Å². The van der Waals surface area contributed by atoms with Gasteiger partial charge in [-0.15, -0.1) is 11.3 Å². The number of carbonyl (C=O) groups is 2. The van der Waals surface area contributed by atoms with Crippen molar-refractivity contribution in [1.29, 1.82) is 0 Å². The van der Waals surface area contributed by atoms with E-state index in [4.69, 9.17) is 4.74 Å². The Morgan fingerprint density at radius 1 is 1.28 bits per heavy atom. The molecule has 2 saturated heterocycles. The summed E-state index contributed by atoms with van der Waals surface area (Å²) in [5, 5.41) is 3.10. The summed E-state index contributed by atoms with van der Waals surface area (Å²) in [6, 6.07) is 7.91. The Morgan fingerprint density at radius 2 is 2.06 bits per heavy atom. The van der Waals surface area contributed by atoms with Crippen molar-refractivity contribution in [2.24, 2.45) is 5.92 Å². The van der Waals surface area contributed by atoms with Crippen molar-refractivity contribution in [2.45, 2.75) is 51.6 Å². The van der Waals surface area contributed by atoms with Gasteiger partial charge in [0.15, 0.2) is 0 Å². The van der Waals surface area contributed by atoms with Crippen molar-refractivity contribution in [2.75, 3.05) is 26.7 Å². The number of aryl methyl sites for hydroxylation is 1. The topological polar surface area (TPSA) is 74.8 Å². The third kappa shape index (κ3) is 4.38. The van der Waals surface area contributed by atoms with Gasteiger partial charge in [0.1, 0.15) is 11.3 Å². The fraction of sp³-hybridized carbons (Fsp3) is 0.542. The number of imide groups is 1. The first-order valence-corrected chi connectivity index (χ1v) is 12.2. The molecule has 1 atom stereocenters. The second-order valence-electron chi connectivity index (χ2n) is 8.72. The van der Waals surface area contributed by atoms with E-state index < -0.39 is 5.54 Å². The van der Waals surface area contributed by atoms with Crippen LogP contribution < -0.4 is 10.1 Å². The monoisotopic (exact) mass is 456 g/mol. The zero-order valence-corrected chi connectivity index (χ0v) is 19.9. The third-order valence-corrected chi connectivity index (χ3v) is 7.99. The van der Waals surface area contributed by atoms with Crippen molar-refractivity contribution in [3.63, 3.8) is 0 Å². The first-order valence-electron chi connectivity index (χ1n) is 11.3. The lowest BCUT2D eigenvalue weighted by molar-refractivity contribution is -0.134. The molecule has 1 N–H and O–H groups in total. The molecule has 2 fully saturated rings. The fourth-order valence-corrected chi connectivity index (χ4v) is 5.82. The maximum Gasteiger partial charge on any atom is 0.325 e. The molecule has 0 aliphatic carbocycles. The van der Waals surface area contributed by atoms with Crippen LogP contribution in [0.5, 0.6) is 5.75 Å². The van der Waals surface area contributed by atoms with E-state index in [0.717, 1.165) is 48.8 Å². The van der Waals surface area contributed by atoms with Crippen LogP contribution in [0.3, 0.4) is 0 Å². The summed E-state index contributed by atoms with van der Waals surface area (Å²) < 4.78 is 5.33. The minimum atomic E-state index is -0.776. The van der Waals surface area contributed by atoms with E-state index in [-0.39, 0.29) is 17.9 Å². The highest BCUT2D eigenvalue weighted by Gasteiger charge is 2.54. The highest BCUT2D eigenvalue weighted by atomic mass is 32.1. The molecule has 1 aromatic carbocycles. The fourth-order valence-electron chi connectivity index (χ4n) is 5.05. The summed E-state index contributed by atoms with van der Waals surface area (Å²) in [6.45, 7) is 7.07. The average Bonchev–Trinajstić information content (AvgIpc) is 3.33. The predicted octanol–water partition coefficient (Wildman–Crippen LogP) is 3.62. The summed E-state index contributed by atoms with van der Waals surface area (Å²) in [7, 11) is 1.68. The lowest BCUT2D eigenvalue weighted by Crippen LogP contribution is -2.55. The van der Waals surface area contributed by atoms with E-state index in [1.807, 2.05) is 31.5 Å². The van der Waals surface area contributed by atoms with Gasteiger partial charge in [-0.05, 0) is 62.9 Å².